The summed E-state index contributed by atoms with van der Waals surface area (Å²) in [6.45, 7) is 0.867. The Morgan fingerprint density at radius 3 is 2.62 bits per heavy atom. The molecule has 0 bridgehead atoms. The maximum absolute atomic E-state index is 12.7. The molecule has 0 aliphatic carbocycles. The van der Waals surface area contributed by atoms with Crippen LogP contribution in [0.3, 0.4) is 0 Å². The second kappa shape index (κ2) is 7.33. The number of aliphatic hydroxyl groups excluding tert-OH is 2. The highest BCUT2D eigenvalue weighted by molar-refractivity contribution is 6.09. The molecule has 1 atom stereocenters. The Kier molecular flexibility index (Phi) is 4.98. The first-order valence-corrected chi connectivity index (χ1v) is 7.74. The molecule has 1 heterocycles. The van der Waals surface area contributed by atoms with Crippen molar-refractivity contribution in [2.75, 3.05) is 31.7 Å². The van der Waals surface area contributed by atoms with Crippen LogP contribution in [0.15, 0.2) is 42.5 Å². The number of fused-ring (bicyclic) bond motifs is 1. The zero-order valence-electron chi connectivity index (χ0n) is 13.1. The van der Waals surface area contributed by atoms with Gasteiger partial charge in [-0.1, -0.05) is 12.1 Å². The van der Waals surface area contributed by atoms with E-state index in [1.165, 1.54) is 0 Å². The summed E-state index contributed by atoms with van der Waals surface area (Å²) in [4.78, 5) is 12.7. The van der Waals surface area contributed by atoms with E-state index >= 15 is 0 Å². The van der Waals surface area contributed by atoms with Crippen LogP contribution in [0.25, 0.3) is 0 Å². The third-order valence-corrected chi connectivity index (χ3v) is 3.68. The molecule has 0 saturated heterocycles. The summed E-state index contributed by atoms with van der Waals surface area (Å²) < 4.78 is 11.0. The van der Waals surface area contributed by atoms with Gasteiger partial charge in [0.25, 0.3) is 0 Å². The van der Waals surface area contributed by atoms with Crippen molar-refractivity contribution in [2.45, 2.75) is 6.10 Å². The van der Waals surface area contributed by atoms with E-state index in [2.05, 4.69) is 5.32 Å². The molecule has 2 aromatic rings. The summed E-state index contributed by atoms with van der Waals surface area (Å²) in [6.07, 6.45) is -0.845. The number of hydrogen-bond acceptors (Lipinski definition) is 6. The van der Waals surface area contributed by atoms with E-state index in [0.717, 1.165) is 0 Å². The lowest BCUT2D eigenvalue weighted by Crippen LogP contribution is -2.23. The highest BCUT2D eigenvalue weighted by Gasteiger charge is 2.16. The van der Waals surface area contributed by atoms with Gasteiger partial charge in [0.1, 0.15) is 13.2 Å². The lowest BCUT2D eigenvalue weighted by Gasteiger charge is -2.18. The zero-order chi connectivity index (χ0) is 16.9. The van der Waals surface area contributed by atoms with Crippen molar-refractivity contribution in [3.05, 3.63) is 53.6 Å². The smallest absolute Gasteiger partial charge is 0.193 e. The minimum absolute atomic E-state index is 0.127. The summed E-state index contributed by atoms with van der Waals surface area (Å²) in [7, 11) is 0. The zero-order valence-corrected chi connectivity index (χ0v) is 13.1. The lowest BCUT2D eigenvalue weighted by atomic mass is 10.0. The molecular weight excluding hydrogens is 310 g/mol. The highest BCUT2D eigenvalue weighted by atomic mass is 16.6. The number of ketones is 1. The van der Waals surface area contributed by atoms with E-state index in [9.17, 15) is 9.90 Å². The van der Waals surface area contributed by atoms with Crippen LogP contribution in [0.5, 0.6) is 11.5 Å². The third kappa shape index (κ3) is 3.67. The molecule has 6 nitrogen and oxygen atoms in total. The van der Waals surface area contributed by atoms with E-state index in [4.69, 9.17) is 14.6 Å². The predicted octanol–water partition coefficient (Wildman–Crippen LogP) is 1.45. The summed E-state index contributed by atoms with van der Waals surface area (Å²) in [5.74, 6) is 1.09. The molecular formula is C18H19NO5. The monoisotopic (exact) mass is 329 g/mol. The number of carbonyl (C=O) groups excluding carboxylic acids is 1. The van der Waals surface area contributed by atoms with Crippen molar-refractivity contribution < 1.29 is 24.5 Å². The molecule has 0 fully saturated rings. The minimum Gasteiger partial charge on any atom is -0.486 e. The van der Waals surface area contributed by atoms with E-state index in [1.54, 1.807) is 42.5 Å². The number of carbonyl (C=O) groups is 1. The van der Waals surface area contributed by atoms with Crippen LogP contribution in [-0.2, 0) is 0 Å². The SMILES string of the molecule is O=C(c1cccc(NCC(O)CO)c1)c1ccc2c(c1)OCCO2. The molecule has 126 valence electrons. The molecule has 3 rings (SSSR count). The summed E-state index contributed by atoms with van der Waals surface area (Å²) >= 11 is 0. The van der Waals surface area contributed by atoms with Crippen molar-refractivity contribution in [3.8, 4) is 11.5 Å². The first kappa shape index (κ1) is 16.3. The molecule has 24 heavy (non-hydrogen) atoms. The van der Waals surface area contributed by atoms with Crippen molar-refractivity contribution >= 4 is 11.5 Å². The summed E-state index contributed by atoms with van der Waals surface area (Å²) in [6, 6.07) is 12.1. The number of rotatable bonds is 6. The van der Waals surface area contributed by atoms with Crippen LogP contribution in [0.1, 0.15) is 15.9 Å². The minimum atomic E-state index is -0.845. The van der Waals surface area contributed by atoms with Crippen LogP contribution in [0, 0.1) is 0 Å². The highest BCUT2D eigenvalue weighted by Crippen LogP contribution is 2.31. The van der Waals surface area contributed by atoms with Crippen LogP contribution in [-0.4, -0.2) is 48.5 Å². The number of ether oxygens (including phenoxy) is 2. The number of anilines is 1. The second-order valence-electron chi connectivity index (χ2n) is 5.49. The van der Waals surface area contributed by atoms with Gasteiger partial charge < -0.3 is 25.0 Å². The molecule has 1 aliphatic rings. The summed E-state index contributed by atoms with van der Waals surface area (Å²) in [5, 5.41) is 21.2. The Bertz CT molecular complexity index is 731. The lowest BCUT2D eigenvalue weighted by molar-refractivity contribution is 0.103. The van der Waals surface area contributed by atoms with Gasteiger partial charge in [-0.3, -0.25) is 4.79 Å². The van der Waals surface area contributed by atoms with E-state index in [1.807, 2.05) is 0 Å². The molecule has 0 aromatic heterocycles. The average molecular weight is 329 g/mol. The van der Waals surface area contributed by atoms with Gasteiger partial charge in [-0.15, -0.1) is 0 Å². The molecule has 1 aliphatic heterocycles. The molecule has 1 unspecified atom stereocenters. The molecule has 2 aromatic carbocycles. The fraction of sp³-hybridized carbons (Fsp3) is 0.278. The van der Waals surface area contributed by atoms with Crippen molar-refractivity contribution in [1.82, 2.24) is 0 Å². The van der Waals surface area contributed by atoms with Gasteiger partial charge in [0.2, 0.25) is 0 Å². The maximum atomic E-state index is 12.7. The number of hydrogen-bond donors (Lipinski definition) is 3. The molecule has 6 heteroatoms. The van der Waals surface area contributed by atoms with Crippen LogP contribution in [0.2, 0.25) is 0 Å². The Morgan fingerprint density at radius 2 is 1.83 bits per heavy atom. The molecule has 0 saturated carbocycles. The summed E-state index contributed by atoms with van der Waals surface area (Å²) in [5.41, 5.74) is 1.74. The Morgan fingerprint density at radius 1 is 1.08 bits per heavy atom. The van der Waals surface area contributed by atoms with Crippen LogP contribution in [0.4, 0.5) is 5.69 Å². The van der Waals surface area contributed by atoms with Gasteiger partial charge in [-0.05, 0) is 30.3 Å². The Labute approximate surface area is 139 Å². The van der Waals surface area contributed by atoms with Crippen LogP contribution >= 0.6 is 0 Å². The number of nitrogens with one attached hydrogen (secondary N) is 1. The second-order valence-corrected chi connectivity index (χ2v) is 5.49. The third-order valence-electron chi connectivity index (χ3n) is 3.68. The van der Waals surface area contributed by atoms with Gasteiger partial charge in [-0.2, -0.15) is 0 Å². The fourth-order valence-electron chi connectivity index (χ4n) is 2.42. The maximum Gasteiger partial charge on any atom is 0.193 e. The number of benzene rings is 2. The van der Waals surface area contributed by atoms with Gasteiger partial charge in [0.05, 0.1) is 12.7 Å². The Hall–Kier alpha value is -2.57. The molecule has 0 spiro atoms. The van der Waals surface area contributed by atoms with E-state index in [-0.39, 0.29) is 18.9 Å². The first-order valence-electron chi connectivity index (χ1n) is 7.74. The average Bonchev–Trinajstić information content (AvgIpc) is 2.65. The molecule has 3 N–H and O–H groups in total. The van der Waals surface area contributed by atoms with E-state index < -0.39 is 6.10 Å². The normalized spacial score (nSPS) is 14.1. The number of aliphatic hydroxyl groups is 2. The first-order chi connectivity index (χ1) is 11.7. The predicted molar refractivity (Wildman–Crippen MR) is 88.9 cm³/mol. The fourth-order valence-corrected chi connectivity index (χ4v) is 2.42. The molecule has 0 amide bonds. The van der Waals surface area contributed by atoms with Gasteiger partial charge >= 0.3 is 0 Å². The van der Waals surface area contributed by atoms with Gasteiger partial charge in [-0.25, -0.2) is 0 Å². The largest absolute Gasteiger partial charge is 0.486 e. The van der Waals surface area contributed by atoms with Crippen LogP contribution < -0.4 is 14.8 Å². The van der Waals surface area contributed by atoms with Gasteiger partial charge in [0.15, 0.2) is 17.3 Å². The van der Waals surface area contributed by atoms with Crippen molar-refractivity contribution in [1.29, 1.82) is 0 Å². The van der Waals surface area contributed by atoms with Crippen molar-refractivity contribution in [3.63, 3.8) is 0 Å². The van der Waals surface area contributed by atoms with Gasteiger partial charge in [0, 0.05) is 23.4 Å². The van der Waals surface area contributed by atoms with E-state index in [0.29, 0.717) is 41.5 Å². The quantitative estimate of drug-likeness (QED) is 0.695. The van der Waals surface area contributed by atoms with Crippen molar-refractivity contribution in [2.24, 2.45) is 0 Å². The topological polar surface area (TPSA) is 88.0 Å². The standard InChI is InChI=1S/C18H19NO5/c20-11-15(21)10-19-14-3-1-2-12(8-14)18(22)13-4-5-16-17(9-13)24-7-6-23-16/h1-5,8-9,15,19-21H,6-7,10-11H2. The molecule has 0 radical (unpaired) electrons. The Balaban J connectivity index is 1.77.